The molecular weight excluding hydrogens is 352 g/mol. The Morgan fingerprint density at radius 1 is 1.14 bits per heavy atom. The first-order valence-corrected chi connectivity index (χ1v) is 10.1. The minimum absolute atomic E-state index is 0.115. The van der Waals surface area contributed by atoms with Crippen molar-refractivity contribution in [1.82, 2.24) is 19.9 Å². The molecule has 6 heteroatoms. The van der Waals surface area contributed by atoms with E-state index in [0.717, 1.165) is 66.6 Å². The Labute approximate surface area is 163 Å². The summed E-state index contributed by atoms with van der Waals surface area (Å²) in [6.07, 6.45) is 5.79. The molecule has 28 heavy (non-hydrogen) atoms. The molecule has 0 bridgehead atoms. The number of nitrogens with one attached hydrogen (secondary N) is 2. The molecule has 1 aliphatic heterocycles. The molecule has 2 aliphatic rings. The van der Waals surface area contributed by atoms with E-state index in [2.05, 4.69) is 16.0 Å². The lowest BCUT2D eigenvalue weighted by atomic mass is 9.95. The molecule has 1 amide bonds. The van der Waals surface area contributed by atoms with E-state index in [1.54, 1.807) is 0 Å². The number of aryl methyl sites for hydroxylation is 3. The van der Waals surface area contributed by atoms with E-state index < -0.39 is 0 Å². The number of likely N-dealkylation sites (tertiary alicyclic amines) is 1. The van der Waals surface area contributed by atoms with Gasteiger partial charge in [0, 0.05) is 12.2 Å². The summed E-state index contributed by atoms with van der Waals surface area (Å²) in [6, 6.07) is 7.82. The lowest BCUT2D eigenvalue weighted by molar-refractivity contribution is 0.0728. The zero-order valence-corrected chi connectivity index (χ0v) is 16.0. The molecule has 2 N–H and O–H groups in total. The van der Waals surface area contributed by atoms with Gasteiger partial charge in [-0.15, -0.1) is 0 Å². The predicted molar refractivity (Wildman–Crippen MR) is 108 cm³/mol. The predicted octanol–water partition coefficient (Wildman–Crippen LogP) is 3.42. The van der Waals surface area contributed by atoms with Crippen molar-refractivity contribution in [3.8, 4) is 0 Å². The number of aromatic amines is 2. The van der Waals surface area contributed by atoms with Crippen molar-refractivity contribution in [3.05, 3.63) is 62.8 Å². The Kier molecular flexibility index (Phi) is 4.07. The van der Waals surface area contributed by atoms with Gasteiger partial charge in [0.25, 0.3) is 11.5 Å². The van der Waals surface area contributed by atoms with Crippen molar-refractivity contribution in [2.45, 2.75) is 51.5 Å². The number of hydrogen-bond acceptors (Lipinski definition) is 3. The van der Waals surface area contributed by atoms with E-state index in [0.29, 0.717) is 6.54 Å². The molecule has 0 unspecified atom stereocenters. The molecule has 3 aromatic rings. The van der Waals surface area contributed by atoms with Gasteiger partial charge in [0.15, 0.2) is 0 Å². The van der Waals surface area contributed by atoms with E-state index in [1.807, 2.05) is 30.0 Å². The number of aromatic nitrogens is 3. The first-order chi connectivity index (χ1) is 13.6. The molecule has 5 rings (SSSR count). The molecule has 2 aromatic heterocycles. The maximum absolute atomic E-state index is 13.3. The highest BCUT2D eigenvalue weighted by Gasteiger charge is 2.34. The molecule has 0 spiro atoms. The van der Waals surface area contributed by atoms with E-state index in [9.17, 15) is 9.59 Å². The highest BCUT2D eigenvalue weighted by Crippen LogP contribution is 2.32. The molecule has 1 aromatic carbocycles. The minimum Gasteiger partial charge on any atom is -0.340 e. The molecule has 0 saturated carbocycles. The Hall–Kier alpha value is -2.89. The van der Waals surface area contributed by atoms with Gasteiger partial charge in [-0.25, -0.2) is 4.98 Å². The van der Waals surface area contributed by atoms with Gasteiger partial charge in [-0.1, -0.05) is 6.07 Å². The molecule has 1 fully saturated rings. The van der Waals surface area contributed by atoms with Crippen LogP contribution in [0.25, 0.3) is 11.0 Å². The number of nitrogens with zero attached hydrogens (tertiary/aromatic N) is 2. The third kappa shape index (κ3) is 2.84. The number of carbonyl (C=O) groups excluding carboxylic acids is 1. The van der Waals surface area contributed by atoms with Gasteiger partial charge < -0.3 is 14.9 Å². The van der Waals surface area contributed by atoms with Crippen molar-refractivity contribution < 1.29 is 4.79 Å². The van der Waals surface area contributed by atoms with E-state index >= 15 is 0 Å². The van der Waals surface area contributed by atoms with Crippen LogP contribution in [0, 0.1) is 6.92 Å². The van der Waals surface area contributed by atoms with Crippen LogP contribution in [0.15, 0.2) is 29.1 Å². The maximum atomic E-state index is 13.3. The second-order valence-corrected chi connectivity index (χ2v) is 8.02. The molecule has 1 saturated heterocycles. The average Bonchev–Trinajstić information content (AvgIpc) is 3.33. The number of benzene rings is 1. The number of amides is 1. The number of pyridine rings is 1. The fraction of sp³-hybridized carbons (Fsp3) is 0.409. The third-order valence-electron chi connectivity index (χ3n) is 6.05. The summed E-state index contributed by atoms with van der Waals surface area (Å²) >= 11 is 0. The van der Waals surface area contributed by atoms with Crippen molar-refractivity contribution in [3.63, 3.8) is 0 Å². The Morgan fingerprint density at radius 2 is 2.00 bits per heavy atom. The number of fused-ring (bicyclic) bond motifs is 2. The van der Waals surface area contributed by atoms with Crippen molar-refractivity contribution in [2.24, 2.45) is 0 Å². The van der Waals surface area contributed by atoms with Crippen molar-refractivity contribution >= 4 is 16.9 Å². The SMILES string of the molecule is Cc1ccc2nc([C@@H]3CCCN3C(=O)c3cc4c([nH]c3=O)CCCC4)[nH]c2c1. The van der Waals surface area contributed by atoms with Crippen molar-refractivity contribution in [1.29, 1.82) is 0 Å². The topological polar surface area (TPSA) is 81.8 Å². The van der Waals surface area contributed by atoms with Crippen LogP contribution in [-0.4, -0.2) is 32.3 Å². The van der Waals surface area contributed by atoms with E-state index in [4.69, 9.17) is 4.98 Å². The summed E-state index contributed by atoms with van der Waals surface area (Å²) in [4.78, 5) is 38.7. The smallest absolute Gasteiger partial charge is 0.261 e. The number of H-pyrrole nitrogens is 2. The second kappa shape index (κ2) is 6.62. The zero-order chi connectivity index (χ0) is 19.3. The van der Waals surface area contributed by atoms with Crippen LogP contribution in [0.1, 0.15) is 64.7 Å². The number of carbonyl (C=O) groups is 1. The molecule has 1 atom stereocenters. The molecule has 144 valence electrons. The number of hydrogen-bond donors (Lipinski definition) is 2. The van der Waals surface area contributed by atoms with Gasteiger partial charge in [-0.2, -0.15) is 0 Å². The summed E-state index contributed by atoms with van der Waals surface area (Å²) in [6.45, 7) is 2.70. The quantitative estimate of drug-likeness (QED) is 0.719. The molecule has 3 heterocycles. The van der Waals surface area contributed by atoms with Crippen LogP contribution in [0.4, 0.5) is 0 Å². The van der Waals surface area contributed by atoms with Crippen LogP contribution in [-0.2, 0) is 12.8 Å². The monoisotopic (exact) mass is 376 g/mol. The largest absolute Gasteiger partial charge is 0.340 e. The van der Waals surface area contributed by atoms with Gasteiger partial charge in [0.2, 0.25) is 0 Å². The number of imidazole rings is 1. The first-order valence-electron chi connectivity index (χ1n) is 10.1. The first kappa shape index (κ1) is 17.2. The van der Waals surface area contributed by atoms with Crippen LogP contribution in [0.5, 0.6) is 0 Å². The lowest BCUT2D eigenvalue weighted by Crippen LogP contribution is -2.35. The maximum Gasteiger partial charge on any atom is 0.261 e. The lowest BCUT2D eigenvalue weighted by Gasteiger charge is -2.24. The average molecular weight is 376 g/mol. The van der Waals surface area contributed by atoms with E-state index in [-0.39, 0.29) is 23.1 Å². The summed E-state index contributed by atoms with van der Waals surface area (Å²) < 4.78 is 0. The highest BCUT2D eigenvalue weighted by molar-refractivity contribution is 5.94. The molecule has 0 radical (unpaired) electrons. The summed E-state index contributed by atoms with van der Waals surface area (Å²) in [7, 11) is 0. The second-order valence-electron chi connectivity index (χ2n) is 8.02. The minimum atomic E-state index is -0.267. The Morgan fingerprint density at radius 3 is 2.89 bits per heavy atom. The fourth-order valence-corrected chi connectivity index (χ4v) is 4.58. The van der Waals surface area contributed by atoms with Crippen LogP contribution in [0.3, 0.4) is 0 Å². The Balaban J connectivity index is 1.49. The van der Waals surface area contributed by atoms with E-state index in [1.165, 1.54) is 5.56 Å². The number of rotatable bonds is 2. The summed E-state index contributed by atoms with van der Waals surface area (Å²) in [5.74, 6) is 0.620. The highest BCUT2D eigenvalue weighted by atomic mass is 16.2. The van der Waals surface area contributed by atoms with Gasteiger partial charge in [0.05, 0.1) is 17.1 Å². The third-order valence-corrected chi connectivity index (χ3v) is 6.05. The van der Waals surface area contributed by atoms with Gasteiger partial charge >= 0.3 is 0 Å². The van der Waals surface area contributed by atoms with Gasteiger partial charge in [-0.3, -0.25) is 9.59 Å². The van der Waals surface area contributed by atoms with Gasteiger partial charge in [-0.05, 0) is 74.8 Å². The standard InChI is InChI=1S/C22H24N4O2/c1-13-8-9-17-18(11-13)24-20(23-17)19-7-4-10-26(19)22(28)15-12-14-5-2-3-6-16(14)25-21(15)27/h8-9,11-12,19H,2-7,10H2,1H3,(H,23,24)(H,25,27)/t19-/m0/s1. The summed E-state index contributed by atoms with van der Waals surface area (Å²) in [5.41, 5.74) is 5.17. The molecule has 6 nitrogen and oxygen atoms in total. The molecular formula is C22H24N4O2. The van der Waals surface area contributed by atoms with Crippen LogP contribution in [0.2, 0.25) is 0 Å². The van der Waals surface area contributed by atoms with Crippen LogP contribution < -0.4 is 5.56 Å². The molecule has 1 aliphatic carbocycles. The summed E-state index contributed by atoms with van der Waals surface area (Å²) in [5, 5.41) is 0. The van der Waals surface area contributed by atoms with Crippen molar-refractivity contribution in [2.75, 3.05) is 6.54 Å². The van der Waals surface area contributed by atoms with Crippen LogP contribution >= 0.6 is 0 Å². The normalized spacial score (nSPS) is 19.2. The van der Waals surface area contributed by atoms with Gasteiger partial charge in [0.1, 0.15) is 11.4 Å². The zero-order valence-electron chi connectivity index (χ0n) is 16.0. The fourth-order valence-electron chi connectivity index (χ4n) is 4.58. The Bertz CT molecular complexity index is 1130.